The van der Waals surface area contributed by atoms with Crippen molar-refractivity contribution < 1.29 is 23.8 Å². The summed E-state index contributed by atoms with van der Waals surface area (Å²) in [5.74, 6) is 2.41. The Morgan fingerprint density at radius 2 is 1.94 bits per heavy atom. The number of rotatable bonds is 7. The Kier molecular flexibility index (Phi) is 6.74. The number of nitrogens with zero attached hydrogens (tertiary/aromatic N) is 6. The van der Waals surface area contributed by atoms with Gasteiger partial charge >= 0.3 is 12.0 Å². The first-order valence-electron chi connectivity index (χ1n) is 12.0. The fourth-order valence-electron chi connectivity index (χ4n) is 4.50. The normalized spacial score (nSPS) is 14.8. The minimum absolute atomic E-state index is 0.0956. The summed E-state index contributed by atoms with van der Waals surface area (Å²) in [4.78, 5) is 37.7. The third-order valence-electron chi connectivity index (χ3n) is 6.32. The quantitative estimate of drug-likeness (QED) is 0.484. The van der Waals surface area contributed by atoms with Crippen LogP contribution in [0.4, 0.5) is 10.6 Å². The van der Waals surface area contributed by atoms with Crippen LogP contribution in [0.1, 0.15) is 23.7 Å². The summed E-state index contributed by atoms with van der Waals surface area (Å²) in [7, 11) is 0. The molecule has 0 bridgehead atoms. The van der Waals surface area contributed by atoms with Gasteiger partial charge in [-0.3, -0.25) is 4.79 Å². The molecule has 4 heterocycles. The first kappa shape index (κ1) is 23.6. The SMILES string of the molecule is CCOC(=O)Cc1c(C)nc2ncnn2c1N1CCN(C(=O)NCCc2ccc3c(c2)OCO3)CC1. The Balaban J connectivity index is 1.21. The van der Waals surface area contributed by atoms with Gasteiger partial charge < -0.3 is 29.3 Å². The molecule has 0 radical (unpaired) electrons. The summed E-state index contributed by atoms with van der Waals surface area (Å²) in [5, 5.41) is 7.34. The highest BCUT2D eigenvalue weighted by atomic mass is 16.7. The Hall–Kier alpha value is -4.09. The highest BCUT2D eigenvalue weighted by Crippen LogP contribution is 2.32. The summed E-state index contributed by atoms with van der Waals surface area (Å²) in [6.07, 6.45) is 2.24. The van der Waals surface area contributed by atoms with E-state index in [0.717, 1.165) is 28.4 Å². The molecule has 3 aromatic rings. The lowest BCUT2D eigenvalue weighted by atomic mass is 10.1. The second-order valence-corrected chi connectivity index (χ2v) is 8.60. The van der Waals surface area contributed by atoms with Crippen molar-refractivity contribution in [2.75, 3.05) is 51.0 Å². The predicted octanol–water partition coefficient (Wildman–Crippen LogP) is 1.34. The Labute approximate surface area is 208 Å². The topological polar surface area (TPSA) is 123 Å². The molecule has 1 saturated heterocycles. The molecule has 36 heavy (non-hydrogen) atoms. The largest absolute Gasteiger partial charge is 0.466 e. The average molecular weight is 496 g/mol. The molecule has 1 N–H and O–H groups in total. The summed E-state index contributed by atoms with van der Waals surface area (Å²) >= 11 is 0. The van der Waals surface area contributed by atoms with Crippen LogP contribution in [0, 0.1) is 6.92 Å². The molecule has 2 aliphatic heterocycles. The Bertz CT molecular complexity index is 1270. The molecule has 0 spiro atoms. The number of hydrogen-bond donors (Lipinski definition) is 1. The van der Waals surface area contributed by atoms with Gasteiger partial charge in [-0.1, -0.05) is 6.07 Å². The smallest absolute Gasteiger partial charge is 0.317 e. The molecule has 2 aliphatic rings. The number of urea groups is 1. The fraction of sp³-hybridized carbons (Fsp3) is 0.458. The summed E-state index contributed by atoms with van der Waals surface area (Å²) in [6, 6.07) is 5.72. The van der Waals surface area contributed by atoms with Crippen LogP contribution in [0.25, 0.3) is 5.78 Å². The molecule has 12 nitrogen and oxygen atoms in total. The lowest BCUT2D eigenvalue weighted by Crippen LogP contribution is -2.52. The van der Waals surface area contributed by atoms with E-state index in [1.165, 1.54) is 6.33 Å². The van der Waals surface area contributed by atoms with Gasteiger partial charge in [0, 0.05) is 44.0 Å². The number of nitrogens with one attached hydrogen (secondary N) is 1. The van der Waals surface area contributed by atoms with Gasteiger partial charge in [0.15, 0.2) is 11.5 Å². The molecule has 1 fully saturated rings. The molecule has 1 aromatic carbocycles. The van der Waals surface area contributed by atoms with Crippen molar-refractivity contribution in [2.45, 2.75) is 26.7 Å². The number of anilines is 1. The van der Waals surface area contributed by atoms with E-state index < -0.39 is 0 Å². The summed E-state index contributed by atoms with van der Waals surface area (Å²) < 4.78 is 17.6. The van der Waals surface area contributed by atoms with Crippen LogP contribution in [0.5, 0.6) is 11.5 Å². The van der Waals surface area contributed by atoms with E-state index in [2.05, 4.69) is 25.3 Å². The lowest BCUT2D eigenvalue weighted by Gasteiger charge is -2.36. The van der Waals surface area contributed by atoms with E-state index in [4.69, 9.17) is 14.2 Å². The number of fused-ring (bicyclic) bond motifs is 2. The molecule has 2 aromatic heterocycles. The number of amides is 2. The fourth-order valence-corrected chi connectivity index (χ4v) is 4.50. The number of piperazine rings is 1. The van der Waals surface area contributed by atoms with Crippen LogP contribution in [0.2, 0.25) is 0 Å². The van der Waals surface area contributed by atoms with Crippen molar-refractivity contribution >= 4 is 23.6 Å². The maximum Gasteiger partial charge on any atom is 0.317 e. The van der Waals surface area contributed by atoms with E-state index in [-0.39, 0.29) is 25.2 Å². The van der Waals surface area contributed by atoms with Crippen LogP contribution < -0.4 is 19.7 Å². The number of esters is 1. The Morgan fingerprint density at radius 3 is 2.75 bits per heavy atom. The van der Waals surface area contributed by atoms with Crippen LogP contribution in [0.3, 0.4) is 0 Å². The molecule has 0 atom stereocenters. The van der Waals surface area contributed by atoms with Crippen LogP contribution in [0.15, 0.2) is 24.5 Å². The molecule has 190 valence electrons. The molecule has 5 rings (SSSR count). The first-order valence-corrected chi connectivity index (χ1v) is 12.0. The molecular weight excluding hydrogens is 466 g/mol. The van der Waals surface area contributed by atoms with Crippen LogP contribution >= 0.6 is 0 Å². The van der Waals surface area contributed by atoms with Gasteiger partial charge in [0.05, 0.1) is 13.0 Å². The monoisotopic (exact) mass is 495 g/mol. The minimum Gasteiger partial charge on any atom is -0.466 e. The van der Waals surface area contributed by atoms with Gasteiger partial charge in [0.2, 0.25) is 6.79 Å². The second-order valence-electron chi connectivity index (χ2n) is 8.60. The highest BCUT2D eigenvalue weighted by molar-refractivity contribution is 5.76. The third kappa shape index (κ3) is 4.83. The third-order valence-corrected chi connectivity index (χ3v) is 6.32. The van der Waals surface area contributed by atoms with E-state index >= 15 is 0 Å². The van der Waals surface area contributed by atoms with Crippen molar-refractivity contribution in [3.05, 3.63) is 41.3 Å². The second kappa shape index (κ2) is 10.3. The lowest BCUT2D eigenvalue weighted by molar-refractivity contribution is -0.142. The number of aromatic nitrogens is 4. The number of carbonyl (C=O) groups is 2. The first-order chi connectivity index (χ1) is 17.5. The van der Waals surface area contributed by atoms with E-state index in [0.29, 0.717) is 57.2 Å². The molecule has 0 unspecified atom stereocenters. The number of aryl methyl sites for hydroxylation is 1. The average Bonchev–Trinajstić information content (AvgIpc) is 3.53. The van der Waals surface area contributed by atoms with Crippen molar-refractivity contribution in [1.29, 1.82) is 0 Å². The van der Waals surface area contributed by atoms with Gasteiger partial charge in [-0.25, -0.2) is 9.78 Å². The maximum atomic E-state index is 12.8. The van der Waals surface area contributed by atoms with Gasteiger partial charge in [-0.15, -0.1) is 0 Å². The zero-order chi connectivity index (χ0) is 25.1. The predicted molar refractivity (Wildman–Crippen MR) is 129 cm³/mol. The number of hydrogen-bond acceptors (Lipinski definition) is 9. The van der Waals surface area contributed by atoms with Gasteiger partial charge in [0.1, 0.15) is 12.1 Å². The van der Waals surface area contributed by atoms with Crippen LogP contribution in [-0.4, -0.2) is 82.6 Å². The van der Waals surface area contributed by atoms with E-state index in [1.807, 2.05) is 25.1 Å². The van der Waals surface area contributed by atoms with E-state index in [1.54, 1.807) is 16.3 Å². The Morgan fingerprint density at radius 1 is 1.14 bits per heavy atom. The van der Waals surface area contributed by atoms with Gasteiger partial charge in [-0.05, 0) is 38.0 Å². The molecule has 2 amide bonds. The minimum atomic E-state index is -0.316. The number of carbonyl (C=O) groups excluding carboxylic acids is 2. The zero-order valence-corrected chi connectivity index (χ0v) is 20.4. The van der Waals surface area contributed by atoms with Crippen molar-refractivity contribution in [3.8, 4) is 11.5 Å². The highest BCUT2D eigenvalue weighted by Gasteiger charge is 2.27. The number of benzene rings is 1. The van der Waals surface area contributed by atoms with Crippen molar-refractivity contribution in [2.24, 2.45) is 0 Å². The van der Waals surface area contributed by atoms with E-state index in [9.17, 15) is 9.59 Å². The van der Waals surface area contributed by atoms with Crippen molar-refractivity contribution in [1.82, 2.24) is 29.8 Å². The molecule has 12 heteroatoms. The summed E-state index contributed by atoms with van der Waals surface area (Å²) in [6.45, 7) is 6.96. The zero-order valence-electron chi connectivity index (χ0n) is 20.4. The molecule has 0 saturated carbocycles. The van der Waals surface area contributed by atoms with Crippen LogP contribution in [-0.2, 0) is 22.4 Å². The standard InChI is InChI=1S/C24H29N7O5/c1-3-34-21(32)13-18-16(2)28-23-26-14-27-31(23)22(18)29-8-10-30(11-9-29)24(33)25-7-6-17-4-5-19-20(12-17)36-15-35-19/h4-5,12,14H,3,6-11,13,15H2,1-2H3,(H,25,33). The summed E-state index contributed by atoms with van der Waals surface area (Å²) in [5.41, 5.74) is 2.54. The molecular formula is C24H29N7O5. The molecule has 0 aliphatic carbocycles. The van der Waals surface area contributed by atoms with Crippen molar-refractivity contribution in [3.63, 3.8) is 0 Å². The van der Waals surface area contributed by atoms with Gasteiger partial charge in [0.25, 0.3) is 5.78 Å². The van der Waals surface area contributed by atoms with Gasteiger partial charge in [-0.2, -0.15) is 14.6 Å². The number of ether oxygens (including phenoxy) is 3. The maximum absolute atomic E-state index is 12.8.